The third kappa shape index (κ3) is 6.43. The van der Waals surface area contributed by atoms with Crippen molar-refractivity contribution in [2.75, 3.05) is 13.6 Å². The van der Waals surface area contributed by atoms with Gasteiger partial charge in [0.05, 0.1) is 0 Å². The molecule has 0 aliphatic rings. The van der Waals surface area contributed by atoms with Crippen LogP contribution < -0.4 is 11.1 Å². The van der Waals surface area contributed by atoms with Crippen molar-refractivity contribution >= 4 is 11.8 Å². The molecule has 0 fully saturated rings. The fraction of sp³-hybridized carbons (Fsp3) is 0.417. The second-order valence-corrected chi connectivity index (χ2v) is 8.18. The van der Waals surface area contributed by atoms with E-state index in [9.17, 15) is 9.59 Å². The number of nitrogens with two attached hydrogens (primary N) is 1. The van der Waals surface area contributed by atoms with Crippen LogP contribution >= 0.6 is 0 Å². The summed E-state index contributed by atoms with van der Waals surface area (Å²) in [5, 5.41) is 2.90. The average molecular weight is 396 g/mol. The fourth-order valence-corrected chi connectivity index (χ4v) is 3.10. The van der Waals surface area contributed by atoms with Gasteiger partial charge >= 0.3 is 0 Å². The minimum absolute atomic E-state index is 0.0316. The third-order valence-corrected chi connectivity index (χ3v) is 5.02. The van der Waals surface area contributed by atoms with Crippen LogP contribution in [0.2, 0.25) is 0 Å². The van der Waals surface area contributed by atoms with Gasteiger partial charge in [0.1, 0.15) is 0 Å². The largest absolute Gasteiger partial charge is 0.350 e. The zero-order valence-electron chi connectivity index (χ0n) is 18.1. The molecule has 29 heavy (non-hydrogen) atoms. The number of hydrogen-bond acceptors (Lipinski definition) is 3. The van der Waals surface area contributed by atoms with E-state index in [0.717, 1.165) is 11.1 Å². The van der Waals surface area contributed by atoms with Crippen LogP contribution in [0.3, 0.4) is 0 Å². The molecule has 0 radical (unpaired) electrons. The zero-order chi connectivity index (χ0) is 21.6. The van der Waals surface area contributed by atoms with Crippen molar-refractivity contribution in [1.82, 2.24) is 10.2 Å². The third-order valence-electron chi connectivity index (χ3n) is 5.02. The van der Waals surface area contributed by atoms with Gasteiger partial charge in [0.25, 0.3) is 5.91 Å². The Morgan fingerprint density at radius 1 is 0.931 bits per heavy atom. The first-order chi connectivity index (χ1) is 13.7. The molecule has 0 saturated heterocycles. The van der Waals surface area contributed by atoms with Gasteiger partial charge in [-0.05, 0) is 34.7 Å². The predicted molar refractivity (Wildman–Crippen MR) is 118 cm³/mol. The van der Waals surface area contributed by atoms with E-state index in [1.807, 2.05) is 38.1 Å². The van der Waals surface area contributed by atoms with Gasteiger partial charge in [0.15, 0.2) is 0 Å². The van der Waals surface area contributed by atoms with Gasteiger partial charge in [0.2, 0.25) is 5.91 Å². The maximum absolute atomic E-state index is 12.4. The van der Waals surface area contributed by atoms with Gasteiger partial charge in [0, 0.05) is 37.7 Å². The van der Waals surface area contributed by atoms with E-state index in [1.54, 1.807) is 24.1 Å². The van der Waals surface area contributed by atoms with Gasteiger partial charge in [-0.25, -0.2) is 0 Å². The van der Waals surface area contributed by atoms with Gasteiger partial charge in [-0.2, -0.15) is 0 Å². The highest BCUT2D eigenvalue weighted by atomic mass is 16.2. The van der Waals surface area contributed by atoms with Crippen LogP contribution in [0, 0.1) is 5.92 Å². The number of carbonyl (C=O) groups is 2. The Hall–Kier alpha value is -2.66. The summed E-state index contributed by atoms with van der Waals surface area (Å²) in [6.45, 7) is 8.97. The van der Waals surface area contributed by atoms with Crippen molar-refractivity contribution in [1.29, 1.82) is 0 Å². The van der Waals surface area contributed by atoms with Crippen molar-refractivity contribution in [2.45, 2.75) is 46.2 Å². The maximum Gasteiger partial charge on any atom is 0.251 e. The lowest BCUT2D eigenvalue weighted by Gasteiger charge is -2.19. The second-order valence-electron chi connectivity index (χ2n) is 8.18. The molecule has 0 aliphatic heterocycles. The lowest BCUT2D eigenvalue weighted by Crippen LogP contribution is -2.32. The number of rotatable bonds is 8. The summed E-state index contributed by atoms with van der Waals surface area (Å²) in [5.41, 5.74) is 10.1. The highest BCUT2D eigenvalue weighted by Gasteiger charge is 2.14. The Kier molecular flexibility index (Phi) is 7.97. The standard InChI is InChI=1S/C24H33N3O2/c1-16(2)19-10-12-20(13-11-19)22(25)14-26-23(28)21-8-6-18(7-9-21)15-27(5)24(29)17(3)4/h6-13,16-17,22H,14-15,25H2,1-5H3,(H,26,28). The first-order valence-corrected chi connectivity index (χ1v) is 10.2. The molecule has 2 aromatic carbocycles. The Bertz CT molecular complexity index is 811. The van der Waals surface area contributed by atoms with E-state index < -0.39 is 0 Å². The van der Waals surface area contributed by atoms with E-state index in [1.165, 1.54) is 5.56 Å². The van der Waals surface area contributed by atoms with Crippen molar-refractivity contribution in [3.05, 3.63) is 70.8 Å². The van der Waals surface area contributed by atoms with Crippen LogP contribution in [0.4, 0.5) is 0 Å². The normalized spacial score (nSPS) is 12.1. The summed E-state index contributed by atoms with van der Waals surface area (Å²) < 4.78 is 0. The molecule has 0 spiro atoms. The topological polar surface area (TPSA) is 75.4 Å². The highest BCUT2D eigenvalue weighted by Crippen LogP contribution is 2.17. The van der Waals surface area contributed by atoms with E-state index in [0.29, 0.717) is 24.6 Å². The van der Waals surface area contributed by atoms with Crippen LogP contribution in [-0.2, 0) is 11.3 Å². The van der Waals surface area contributed by atoms with Gasteiger partial charge in [-0.1, -0.05) is 64.1 Å². The SMILES string of the molecule is CC(C)C(=O)N(C)Cc1ccc(C(=O)NCC(N)c2ccc(C(C)C)cc2)cc1. The molecule has 3 N–H and O–H groups in total. The van der Waals surface area contributed by atoms with Crippen LogP contribution in [0.5, 0.6) is 0 Å². The van der Waals surface area contributed by atoms with Crippen LogP contribution in [0.25, 0.3) is 0 Å². The predicted octanol–water partition coefficient (Wildman–Crippen LogP) is 3.85. The Morgan fingerprint density at radius 3 is 2.00 bits per heavy atom. The molecule has 5 nitrogen and oxygen atoms in total. The molecule has 2 aromatic rings. The van der Waals surface area contributed by atoms with Crippen LogP contribution in [0.15, 0.2) is 48.5 Å². The van der Waals surface area contributed by atoms with Gasteiger partial charge < -0.3 is 16.0 Å². The second kappa shape index (κ2) is 10.2. The molecule has 0 saturated carbocycles. The molecule has 1 atom stereocenters. The van der Waals surface area contributed by atoms with Crippen LogP contribution in [0.1, 0.15) is 66.7 Å². The molecule has 0 bridgehead atoms. The number of benzene rings is 2. The van der Waals surface area contributed by atoms with Gasteiger partial charge in [-0.3, -0.25) is 9.59 Å². The molecule has 0 aromatic heterocycles. The summed E-state index contributed by atoms with van der Waals surface area (Å²) >= 11 is 0. The number of nitrogens with one attached hydrogen (secondary N) is 1. The summed E-state index contributed by atoms with van der Waals surface area (Å²) in [6, 6.07) is 15.3. The molecule has 0 heterocycles. The summed E-state index contributed by atoms with van der Waals surface area (Å²) in [4.78, 5) is 26.1. The zero-order valence-corrected chi connectivity index (χ0v) is 18.1. The number of amides is 2. The highest BCUT2D eigenvalue weighted by molar-refractivity contribution is 5.94. The Balaban J connectivity index is 1.89. The monoisotopic (exact) mass is 395 g/mol. The Morgan fingerprint density at radius 2 is 1.48 bits per heavy atom. The molecule has 156 valence electrons. The summed E-state index contributed by atoms with van der Waals surface area (Å²) in [7, 11) is 1.79. The minimum atomic E-state index is -0.255. The molecular formula is C24H33N3O2. The van der Waals surface area contributed by atoms with E-state index in [2.05, 4.69) is 31.3 Å². The van der Waals surface area contributed by atoms with Crippen molar-refractivity contribution in [3.63, 3.8) is 0 Å². The van der Waals surface area contributed by atoms with Crippen molar-refractivity contribution < 1.29 is 9.59 Å². The smallest absolute Gasteiger partial charge is 0.251 e. The van der Waals surface area contributed by atoms with Crippen molar-refractivity contribution in [3.8, 4) is 0 Å². The van der Waals surface area contributed by atoms with E-state index in [4.69, 9.17) is 5.73 Å². The quantitative estimate of drug-likeness (QED) is 0.713. The number of hydrogen-bond donors (Lipinski definition) is 2. The average Bonchev–Trinajstić information content (AvgIpc) is 2.71. The first-order valence-electron chi connectivity index (χ1n) is 10.2. The first kappa shape index (κ1) is 22.6. The summed E-state index contributed by atoms with van der Waals surface area (Å²) in [5.74, 6) is 0.390. The van der Waals surface area contributed by atoms with Crippen molar-refractivity contribution in [2.24, 2.45) is 11.7 Å². The molecule has 1 unspecified atom stereocenters. The lowest BCUT2D eigenvalue weighted by atomic mass is 9.99. The lowest BCUT2D eigenvalue weighted by molar-refractivity contribution is -0.133. The number of carbonyl (C=O) groups excluding carboxylic acids is 2. The molecule has 2 amide bonds. The molecule has 0 aliphatic carbocycles. The Labute approximate surface area is 174 Å². The molecule has 5 heteroatoms. The van der Waals surface area contributed by atoms with E-state index >= 15 is 0 Å². The number of nitrogens with zero attached hydrogens (tertiary/aromatic N) is 1. The maximum atomic E-state index is 12.4. The van der Waals surface area contributed by atoms with E-state index in [-0.39, 0.29) is 23.8 Å². The summed E-state index contributed by atoms with van der Waals surface area (Å²) in [6.07, 6.45) is 0. The molecular weight excluding hydrogens is 362 g/mol. The fourth-order valence-electron chi connectivity index (χ4n) is 3.10. The molecule has 2 rings (SSSR count). The van der Waals surface area contributed by atoms with Crippen LogP contribution in [-0.4, -0.2) is 30.3 Å². The minimum Gasteiger partial charge on any atom is -0.350 e. The van der Waals surface area contributed by atoms with Gasteiger partial charge in [-0.15, -0.1) is 0 Å².